The van der Waals surface area contributed by atoms with Gasteiger partial charge in [-0.15, -0.1) is 0 Å². The molecule has 11 nitrogen and oxygen atoms in total. The van der Waals surface area contributed by atoms with Crippen LogP contribution in [-0.4, -0.2) is 63.6 Å². The third-order valence-electron chi connectivity index (χ3n) is 5.30. The third kappa shape index (κ3) is 7.88. The molecule has 2 rings (SSSR count). The smallest absolute Gasteiger partial charge is 0.326 e. The Labute approximate surface area is 190 Å². The van der Waals surface area contributed by atoms with Crippen LogP contribution < -0.4 is 22.1 Å². The predicted molar refractivity (Wildman–Crippen MR) is 121 cm³/mol. The van der Waals surface area contributed by atoms with Crippen LogP contribution in [0.25, 0.3) is 10.9 Å². The lowest BCUT2D eigenvalue weighted by atomic mass is 10.0. The zero-order valence-electron chi connectivity index (χ0n) is 18.3. The summed E-state index contributed by atoms with van der Waals surface area (Å²) in [4.78, 5) is 50.9. The van der Waals surface area contributed by atoms with E-state index in [4.69, 9.17) is 16.6 Å². The number of carbonyl (C=O) groups is 4. The number of rotatable bonds is 14. The Morgan fingerprint density at radius 1 is 0.970 bits per heavy atom. The van der Waals surface area contributed by atoms with E-state index >= 15 is 0 Å². The fraction of sp³-hybridized carbons (Fsp3) is 0.455. The van der Waals surface area contributed by atoms with Gasteiger partial charge in [-0.05, 0) is 43.9 Å². The standard InChI is InChI=1S/C22H31N5O6/c23-10-4-3-7-17(26-20(30)15(24)8-9-19(28)29)21(31)27-18(22(32)33)11-13-12-25-16-6-2-1-5-14(13)16/h1-2,5-6,12,15,17-18,25H,3-4,7-11,23-24H2,(H,26,30)(H,27,31)(H,28,29)(H,32,33). The van der Waals surface area contributed by atoms with Crippen LogP contribution in [0.2, 0.25) is 0 Å². The van der Waals surface area contributed by atoms with Gasteiger partial charge in [0.1, 0.15) is 12.1 Å². The maximum atomic E-state index is 12.9. The maximum absolute atomic E-state index is 12.9. The van der Waals surface area contributed by atoms with Crippen LogP contribution in [0.15, 0.2) is 30.5 Å². The minimum absolute atomic E-state index is 0.0483. The molecule has 11 heteroatoms. The number of fused-ring (bicyclic) bond motifs is 1. The number of unbranched alkanes of at least 4 members (excludes halogenated alkanes) is 1. The molecule has 0 bridgehead atoms. The van der Waals surface area contributed by atoms with E-state index in [9.17, 15) is 24.3 Å². The van der Waals surface area contributed by atoms with Gasteiger partial charge in [-0.2, -0.15) is 0 Å². The fourth-order valence-electron chi connectivity index (χ4n) is 3.44. The lowest BCUT2D eigenvalue weighted by Crippen LogP contribution is -2.54. The highest BCUT2D eigenvalue weighted by Crippen LogP contribution is 2.19. The quantitative estimate of drug-likeness (QED) is 0.192. The number of amides is 2. The van der Waals surface area contributed by atoms with E-state index in [1.807, 2.05) is 24.3 Å². The molecule has 0 radical (unpaired) electrons. The van der Waals surface area contributed by atoms with Crippen molar-refractivity contribution in [3.05, 3.63) is 36.0 Å². The molecule has 0 aliphatic rings. The van der Waals surface area contributed by atoms with E-state index < -0.39 is 41.9 Å². The summed E-state index contributed by atoms with van der Waals surface area (Å²) in [6.07, 6.45) is 2.75. The van der Waals surface area contributed by atoms with Gasteiger partial charge >= 0.3 is 11.9 Å². The number of carboxylic acid groups (broad SMARTS) is 2. The first kappa shape index (κ1) is 25.8. The molecule has 3 unspecified atom stereocenters. The molecule has 0 spiro atoms. The maximum Gasteiger partial charge on any atom is 0.326 e. The zero-order chi connectivity index (χ0) is 24.4. The molecular formula is C22H31N5O6. The van der Waals surface area contributed by atoms with Gasteiger partial charge in [-0.25, -0.2) is 4.79 Å². The topological polar surface area (TPSA) is 201 Å². The summed E-state index contributed by atoms with van der Waals surface area (Å²) in [6.45, 7) is 0.402. The molecule has 180 valence electrons. The van der Waals surface area contributed by atoms with Crippen molar-refractivity contribution >= 4 is 34.7 Å². The first-order valence-electron chi connectivity index (χ1n) is 10.8. The summed E-state index contributed by atoms with van der Waals surface area (Å²) in [5.41, 5.74) is 12.8. The number of hydrogen-bond donors (Lipinski definition) is 7. The van der Waals surface area contributed by atoms with Crippen LogP contribution in [0.1, 0.15) is 37.7 Å². The summed E-state index contributed by atoms with van der Waals surface area (Å²) in [6, 6.07) is 4.07. The predicted octanol–water partition coefficient (Wildman–Crippen LogP) is 0.0857. The molecule has 2 amide bonds. The second-order valence-electron chi connectivity index (χ2n) is 7.85. The number of aliphatic carboxylic acids is 2. The average molecular weight is 462 g/mol. The molecule has 1 aromatic heterocycles. The van der Waals surface area contributed by atoms with Crippen LogP contribution >= 0.6 is 0 Å². The van der Waals surface area contributed by atoms with Gasteiger partial charge in [0.15, 0.2) is 0 Å². The van der Waals surface area contributed by atoms with Crippen molar-refractivity contribution in [2.75, 3.05) is 6.54 Å². The van der Waals surface area contributed by atoms with Gasteiger partial charge in [-0.1, -0.05) is 18.2 Å². The summed E-state index contributed by atoms with van der Waals surface area (Å²) in [5.74, 6) is -3.62. The molecule has 0 aliphatic carbocycles. The van der Waals surface area contributed by atoms with E-state index in [1.54, 1.807) is 6.20 Å². The van der Waals surface area contributed by atoms with Crippen LogP contribution in [0.5, 0.6) is 0 Å². The van der Waals surface area contributed by atoms with E-state index in [0.29, 0.717) is 19.4 Å². The van der Waals surface area contributed by atoms with Crippen LogP contribution in [0.3, 0.4) is 0 Å². The largest absolute Gasteiger partial charge is 0.481 e. The molecule has 0 saturated heterocycles. The van der Waals surface area contributed by atoms with E-state index in [2.05, 4.69) is 15.6 Å². The van der Waals surface area contributed by atoms with Crippen molar-refractivity contribution in [1.82, 2.24) is 15.6 Å². The van der Waals surface area contributed by atoms with Gasteiger partial charge in [-0.3, -0.25) is 14.4 Å². The van der Waals surface area contributed by atoms with Crippen LogP contribution in [-0.2, 0) is 25.6 Å². The highest BCUT2D eigenvalue weighted by Gasteiger charge is 2.28. The number of aromatic nitrogens is 1. The minimum Gasteiger partial charge on any atom is -0.481 e. The van der Waals surface area contributed by atoms with E-state index in [0.717, 1.165) is 16.5 Å². The molecule has 1 aromatic carbocycles. The molecule has 2 aromatic rings. The average Bonchev–Trinajstić information content (AvgIpc) is 3.19. The molecule has 1 heterocycles. The Kier molecular flexibility index (Phi) is 9.83. The number of nitrogens with one attached hydrogen (secondary N) is 3. The number of para-hydroxylation sites is 1. The summed E-state index contributed by atoms with van der Waals surface area (Å²) >= 11 is 0. The number of benzene rings is 1. The number of carboxylic acids is 2. The Bertz CT molecular complexity index is 975. The lowest BCUT2D eigenvalue weighted by molar-refractivity contribution is -0.142. The first-order valence-corrected chi connectivity index (χ1v) is 10.8. The molecule has 0 saturated carbocycles. The Hall–Kier alpha value is -3.44. The van der Waals surface area contributed by atoms with Gasteiger partial charge in [0.25, 0.3) is 0 Å². The highest BCUT2D eigenvalue weighted by atomic mass is 16.4. The number of hydrogen-bond acceptors (Lipinski definition) is 6. The molecule has 3 atom stereocenters. The van der Waals surface area contributed by atoms with Gasteiger partial charge in [0.05, 0.1) is 6.04 Å². The molecular weight excluding hydrogens is 430 g/mol. The number of H-pyrrole nitrogens is 1. The second kappa shape index (κ2) is 12.6. The zero-order valence-corrected chi connectivity index (χ0v) is 18.3. The van der Waals surface area contributed by atoms with E-state index in [-0.39, 0.29) is 25.7 Å². The third-order valence-corrected chi connectivity index (χ3v) is 5.30. The Balaban J connectivity index is 2.09. The van der Waals surface area contributed by atoms with Crippen molar-refractivity contribution in [2.45, 2.75) is 56.7 Å². The molecule has 0 fully saturated rings. The van der Waals surface area contributed by atoms with Crippen molar-refractivity contribution in [1.29, 1.82) is 0 Å². The molecule has 33 heavy (non-hydrogen) atoms. The SMILES string of the molecule is NCCCCC(NC(=O)C(N)CCC(=O)O)C(=O)NC(Cc1c[nH]c2ccccc12)C(=O)O. The van der Waals surface area contributed by atoms with E-state index in [1.165, 1.54) is 0 Å². The number of nitrogens with two attached hydrogens (primary N) is 2. The number of aromatic amines is 1. The Morgan fingerprint density at radius 2 is 1.67 bits per heavy atom. The Morgan fingerprint density at radius 3 is 2.33 bits per heavy atom. The first-order chi connectivity index (χ1) is 15.7. The van der Waals surface area contributed by atoms with Crippen molar-refractivity contribution in [3.63, 3.8) is 0 Å². The minimum atomic E-state index is -1.22. The molecule has 9 N–H and O–H groups in total. The molecule has 0 aliphatic heterocycles. The summed E-state index contributed by atoms with van der Waals surface area (Å²) in [5, 5.41) is 24.3. The normalized spacial score (nSPS) is 13.8. The highest BCUT2D eigenvalue weighted by molar-refractivity contribution is 5.92. The van der Waals surface area contributed by atoms with Gasteiger partial charge in [0, 0.05) is 29.9 Å². The van der Waals surface area contributed by atoms with Crippen LogP contribution in [0, 0.1) is 0 Å². The number of carbonyl (C=O) groups excluding carboxylic acids is 2. The fourth-order valence-corrected chi connectivity index (χ4v) is 3.44. The van der Waals surface area contributed by atoms with Crippen molar-refractivity contribution in [2.24, 2.45) is 11.5 Å². The summed E-state index contributed by atoms with van der Waals surface area (Å²) < 4.78 is 0. The summed E-state index contributed by atoms with van der Waals surface area (Å²) in [7, 11) is 0. The van der Waals surface area contributed by atoms with Crippen LogP contribution in [0.4, 0.5) is 0 Å². The van der Waals surface area contributed by atoms with Crippen molar-refractivity contribution < 1.29 is 29.4 Å². The van der Waals surface area contributed by atoms with Gasteiger partial charge in [0.2, 0.25) is 11.8 Å². The monoisotopic (exact) mass is 461 g/mol. The van der Waals surface area contributed by atoms with Crippen molar-refractivity contribution in [3.8, 4) is 0 Å². The lowest BCUT2D eigenvalue weighted by Gasteiger charge is -2.23. The van der Waals surface area contributed by atoms with Gasteiger partial charge < -0.3 is 37.3 Å². The second-order valence-corrected chi connectivity index (χ2v) is 7.85.